The quantitative estimate of drug-likeness (QED) is 0.770. The Labute approximate surface area is 110 Å². The van der Waals surface area contributed by atoms with Crippen LogP contribution in [0.1, 0.15) is 26.3 Å². The highest BCUT2D eigenvalue weighted by atomic mass is 16.5. The number of hydrogen-bond donors (Lipinski definition) is 1. The smallest absolute Gasteiger partial charge is 0.122 e. The molecule has 0 radical (unpaired) electrons. The molecule has 0 saturated carbocycles. The minimum Gasteiger partial charge on any atom is -0.496 e. The lowest BCUT2D eigenvalue weighted by atomic mass is 10.0. The lowest BCUT2D eigenvalue weighted by Gasteiger charge is -2.25. The number of benzene rings is 1. The Morgan fingerprint density at radius 1 is 1.22 bits per heavy atom. The van der Waals surface area contributed by atoms with Gasteiger partial charge in [0.1, 0.15) is 5.75 Å². The summed E-state index contributed by atoms with van der Waals surface area (Å²) < 4.78 is 11.1. The van der Waals surface area contributed by atoms with Crippen molar-refractivity contribution < 1.29 is 9.47 Å². The molecule has 0 aliphatic heterocycles. The molecule has 18 heavy (non-hydrogen) atoms. The van der Waals surface area contributed by atoms with Gasteiger partial charge in [0.05, 0.1) is 13.2 Å². The normalized spacial score (nSPS) is 14.2. The maximum atomic E-state index is 5.70. The summed E-state index contributed by atoms with van der Waals surface area (Å²) in [5, 5.41) is 3.49. The zero-order valence-electron chi connectivity index (χ0n) is 11.9. The summed E-state index contributed by atoms with van der Waals surface area (Å²) in [4.78, 5) is 0. The molecule has 1 aromatic carbocycles. The van der Waals surface area contributed by atoms with Crippen molar-refractivity contribution in [3.8, 4) is 5.75 Å². The highest BCUT2D eigenvalue weighted by molar-refractivity contribution is 5.34. The highest BCUT2D eigenvalue weighted by Gasteiger charge is 2.18. The first kappa shape index (κ1) is 15.0. The Balaban J connectivity index is 2.75. The van der Waals surface area contributed by atoms with Crippen molar-refractivity contribution in [1.82, 2.24) is 5.32 Å². The molecule has 0 aliphatic carbocycles. The third-order valence-electron chi connectivity index (χ3n) is 3.09. The van der Waals surface area contributed by atoms with Gasteiger partial charge in [-0.2, -0.15) is 0 Å². The fraction of sp³-hybridized carbons (Fsp3) is 0.600. The van der Waals surface area contributed by atoms with Crippen LogP contribution in [0, 0.1) is 0 Å². The molecule has 2 unspecified atom stereocenters. The third-order valence-corrected chi connectivity index (χ3v) is 3.09. The van der Waals surface area contributed by atoms with Crippen LogP contribution < -0.4 is 10.1 Å². The third kappa shape index (κ3) is 4.31. The Morgan fingerprint density at radius 3 is 2.56 bits per heavy atom. The van der Waals surface area contributed by atoms with Crippen LogP contribution in [0.3, 0.4) is 0 Å². The lowest BCUT2D eigenvalue weighted by molar-refractivity contribution is 0.0479. The average molecular weight is 251 g/mol. The molecule has 1 aromatic rings. The van der Waals surface area contributed by atoms with Crippen LogP contribution in [0.4, 0.5) is 0 Å². The standard InChI is InChI=1S/C15H25NO2/c1-5-16-14(12(3)18-6-2)11-13-9-7-8-10-15(13)17-4/h7-10,12,14,16H,5-6,11H2,1-4H3. The molecule has 0 amide bonds. The zero-order valence-corrected chi connectivity index (χ0v) is 11.9. The van der Waals surface area contributed by atoms with E-state index in [1.165, 1.54) is 5.56 Å². The Bertz CT molecular complexity index is 341. The van der Waals surface area contributed by atoms with E-state index in [-0.39, 0.29) is 6.10 Å². The summed E-state index contributed by atoms with van der Waals surface area (Å²) >= 11 is 0. The van der Waals surface area contributed by atoms with E-state index in [1.807, 2.05) is 25.1 Å². The van der Waals surface area contributed by atoms with E-state index in [1.54, 1.807) is 7.11 Å². The van der Waals surface area contributed by atoms with Crippen LogP contribution in [0.15, 0.2) is 24.3 Å². The van der Waals surface area contributed by atoms with Crippen LogP contribution in [0.2, 0.25) is 0 Å². The minimum atomic E-state index is 0.194. The molecule has 3 heteroatoms. The molecular weight excluding hydrogens is 226 g/mol. The second-order valence-corrected chi connectivity index (χ2v) is 4.34. The van der Waals surface area contributed by atoms with Gasteiger partial charge in [0.15, 0.2) is 0 Å². The molecule has 0 aromatic heterocycles. The van der Waals surface area contributed by atoms with Crippen molar-refractivity contribution in [1.29, 1.82) is 0 Å². The van der Waals surface area contributed by atoms with Crippen molar-refractivity contribution in [3.63, 3.8) is 0 Å². The lowest BCUT2D eigenvalue weighted by Crippen LogP contribution is -2.41. The van der Waals surface area contributed by atoms with Gasteiger partial charge < -0.3 is 14.8 Å². The van der Waals surface area contributed by atoms with Crippen LogP contribution >= 0.6 is 0 Å². The molecule has 0 aliphatic rings. The van der Waals surface area contributed by atoms with Gasteiger partial charge in [-0.15, -0.1) is 0 Å². The van der Waals surface area contributed by atoms with Gasteiger partial charge in [-0.3, -0.25) is 0 Å². The Kier molecular flexibility index (Phi) is 6.76. The predicted molar refractivity (Wildman–Crippen MR) is 75.3 cm³/mol. The maximum absolute atomic E-state index is 5.70. The topological polar surface area (TPSA) is 30.5 Å². The van der Waals surface area contributed by atoms with Gasteiger partial charge in [-0.05, 0) is 38.4 Å². The van der Waals surface area contributed by atoms with E-state index in [4.69, 9.17) is 9.47 Å². The number of nitrogens with one attached hydrogen (secondary N) is 1. The monoisotopic (exact) mass is 251 g/mol. The fourth-order valence-corrected chi connectivity index (χ4v) is 2.15. The molecule has 1 rings (SSSR count). The van der Waals surface area contributed by atoms with Crippen molar-refractivity contribution in [3.05, 3.63) is 29.8 Å². The van der Waals surface area contributed by atoms with E-state index in [2.05, 4.69) is 25.2 Å². The van der Waals surface area contributed by atoms with Crippen LogP contribution in [0.5, 0.6) is 5.75 Å². The van der Waals surface area contributed by atoms with Crippen LogP contribution in [-0.2, 0) is 11.2 Å². The molecule has 2 atom stereocenters. The van der Waals surface area contributed by atoms with Gasteiger partial charge >= 0.3 is 0 Å². The second kappa shape index (κ2) is 8.11. The van der Waals surface area contributed by atoms with Gasteiger partial charge in [0, 0.05) is 12.6 Å². The number of methoxy groups -OCH3 is 1. The molecule has 102 valence electrons. The Hall–Kier alpha value is -1.06. The molecule has 0 bridgehead atoms. The zero-order chi connectivity index (χ0) is 13.4. The molecule has 0 heterocycles. The van der Waals surface area contributed by atoms with Crippen molar-refractivity contribution >= 4 is 0 Å². The van der Waals surface area contributed by atoms with E-state index in [9.17, 15) is 0 Å². The number of ether oxygens (including phenoxy) is 2. The summed E-state index contributed by atoms with van der Waals surface area (Å²) in [7, 11) is 1.72. The predicted octanol–water partition coefficient (Wildman–Crippen LogP) is 2.64. The molecule has 3 nitrogen and oxygen atoms in total. The van der Waals surface area contributed by atoms with Crippen molar-refractivity contribution in [2.24, 2.45) is 0 Å². The number of para-hydroxylation sites is 1. The number of likely N-dealkylation sites (N-methyl/N-ethyl adjacent to an activating group) is 1. The second-order valence-electron chi connectivity index (χ2n) is 4.34. The Morgan fingerprint density at radius 2 is 1.94 bits per heavy atom. The van der Waals surface area contributed by atoms with E-state index >= 15 is 0 Å². The SMILES string of the molecule is CCNC(Cc1ccccc1OC)C(C)OCC. The maximum Gasteiger partial charge on any atom is 0.122 e. The number of rotatable bonds is 8. The first-order valence-corrected chi connectivity index (χ1v) is 6.69. The minimum absolute atomic E-state index is 0.194. The van der Waals surface area contributed by atoms with Gasteiger partial charge in [-0.25, -0.2) is 0 Å². The molecule has 1 N–H and O–H groups in total. The van der Waals surface area contributed by atoms with E-state index < -0.39 is 0 Å². The summed E-state index contributed by atoms with van der Waals surface area (Å²) in [5.41, 5.74) is 1.22. The summed E-state index contributed by atoms with van der Waals surface area (Å²) in [5.74, 6) is 0.948. The van der Waals surface area contributed by atoms with Crippen LogP contribution in [0.25, 0.3) is 0 Å². The number of hydrogen-bond acceptors (Lipinski definition) is 3. The van der Waals surface area contributed by atoms with Gasteiger partial charge in [-0.1, -0.05) is 25.1 Å². The first-order chi connectivity index (χ1) is 8.72. The summed E-state index contributed by atoms with van der Waals surface area (Å²) in [6, 6.07) is 8.47. The first-order valence-electron chi connectivity index (χ1n) is 6.69. The van der Waals surface area contributed by atoms with Gasteiger partial charge in [0.25, 0.3) is 0 Å². The largest absolute Gasteiger partial charge is 0.496 e. The van der Waals surface area contributed by atoms with Crippen molar-refractivity contribution in [2.75, 3.05) is 20.3 Å². The fourth-order valence-electron chi connectivity index (χ4n) is 2.15. The molecule has 0 saturated heterocycles. The molecule has 0 spiro atoms. The molecular formula is C15H25NO2. The van der Waals surface area contributed by atoms with Crippen LogP contribution in [-0.4, -0.2) is 32.4 Å². The molecule has 0 fully saturated rings. The van der Waals surface area contributed by atoms with E-state index in [0.29, 0.717) is 6.04 Å². The average Bonchev–Trinajstić information content (AvgIpc) is 2.39. The van der Waals surface area contributed by atoms with E-state index in [0.717, 1.165) is 25.3 Å². The highest BCUT2D eigenvalue weighted by Crippen LogP contribution is 2.20. The van der Waals surface area contributed by atoms with Crippen molar-refractivity contribution in [2.45, 2.75) is 39.3 Å². The summed E-state index contributed by atoms with van der Waals surface area (Å²) in [6.07, 6.45) is 1.11. The van der Waals surface area contributed by atoms with Gasteiger partial charge in [0.2, 0.25) is 0 Å². The summed E-state index contributed by atoms with van der Waals surface area (Å²) in [6.45, 7) is 7.95.